The lowest BCUT2D eigenvalue weighted by Gasteiger charge is -2.34. The molecular weight excluding hydrogens is 372 g/mol. The van der Waals surface area contributed by atoms with Crippen molar-refractivity contribution in [1.82, 2.24) is 14.4 Å². The number of aliphatic carboxylic acids is 1. The minimum absolute atomic E-state index is 0.0567. The van der Waals surface area contributed by atoms with E-state index < -0.39 is 5.97 Å². The molecule has 1 aromatic heterocycles. The first kappa shape index (κ1) is 19.3. The van der Waals surface area contributed by atoms with Crippen LogP contribution in [-0.2, 0) is 16.1 Å². The molecule has 2 N–H and O–H groups in total. The molecule has 4 rings (SSSR count). The van der Waals surface area contributed by atoms with Crippen LogP contribution in [0.15, 0.2) is 30.5 Å². The number of likely N-dealkylation sites (tertiary alicyclic amines) is 2. The summed E-state index contributed by atoms with van der Waals surface area (Å²) in [5.74, 6) is -1.19. The number of carboxylic acids is 1. The van der Waals surface area contributed by atoms with Crippen LogP contribution in [0.25, 0.3) is 10.9 Å². The first-order valence-corrected chi connectivity index (χ1v) is 10.2. The van der Waals surface area contributed by atoms with Gasteiger partial charge in [-0.2, -0.15) is 0 Å². The number of aromatic nitrogens is 1. The fraction of sp³-hybridized carbons (Fsp3) is 0.476. The number of hydrogen-bond acceptors (Lipinski definition) is 3. The van der Waals surface area contributed by atoms with Gasteiger partial charge in [-0.25, -0.2) is 4.79 Å². The molecule has 2 saturated heterocycles. The number of nitrogens with zero attached hydrogens (tertiary/aromatic N) is 3. The second kappa shape index (κ2) is 8.14. The molecule has 0 aliphatic carbocycles. The zero-order chi connectivity index (χ0) is 20.4. The lowest BCUT2D eigenvalue weighted by atomic mass is 9.97. The van der Waals surface area contributed by atoms with Crippen molar-refractivity contribution in [2.45, 2.75) is 32.2 Å². The minimum Gasteiger partial charge on any atom is -0.480 e. The number of anilines is 1. The van der Waals surface area contributed by atoms with Crippen LogP contribution in [0.4, 0.5) is 10.5 Å². The number of rotatable bonds is 4. The highest BCUT2D eigenvalue weighted by atomic mass is 16.4. The number of carboxylic acid groups (broad SMARTS) is 1. The zero-order valence-electron chi connectivity index (χ0n) is 16.3. The van der Waals surface area contributed by atoms with E-state index in [9.17, 15) is 14.4 Å². The highest BCUT2D eigenvalue weighted by molar-refractivity contribution is 5.95. The summed E-state index contributed by atoms with van der Waals surface area (Å²) in [5, 5.41) is 12.8. The average Bonchev–Trinajstić information content (AvgIpc) is 3.37. The van der Waals surface area contributed by atoms with Crippen LogP contribution < -0.4 is 5.32 Å². The van der Waals surface area contributed by atoms with Crippen molar-refractivity contribution in [3.63, 3.8) is 0 Å². The summed E-state index contributed by atoms with van der Waals surface area (Å²) >= 11 is 0. The predicted octanol–water partition coefficient (Wildman–Crippen LogP) is 2.59. The van der Waals surface area contributed by atoms with Gasteiger partial charge >= 0.3 is 12.0 Å². The van der Waals surface area contributed by atoms with Gasteiger partial charge in [-0.15, -0.1) is 0 Å². The Morgan fingerprint density at radius 2 is 1.79 bits per heavy atom. The van der Waals surface area contributed by atoms with Gasteiger partial charge in [0.05, 0.1) is 5.92 Å². The Balaban J connectivity index is 1.40. The van der Waals surface area contributed by atoms with Gasteiger partial charge in [-0.3, -0.25) is 9.59 Å². The van der Waals surface area contributed by atoms with Crippen molar-refractivity contribution in [2.75, 3.05) is 31.5 Å². The van der Waals surface area contributed by atoms with Crippen LogP contribution in [0.5, 0.6) is 0 Å². The van der Waals surface area contributed by atoms with Crippen LogP contribution in [0.2, 0.25) is 0 Å². The summed E-state index contributed by atoms with van der Waals surface area (Å²) < 4.78 is 1.66. The molecule has 1 unspecified atom stereocenters. The second-order valence-electron chi connectivity index (χ2n) is 7.86. The molecule has 0 radical (unpaired) electrons. The number of amides is 3. The Bertz CT molecular complexity index is 932. The maximum atomic E-state index is 12.8. The molecule has 8 heteroatoms. The molecule has 0 saturated carbocycles. The van der Waals surface area contributed by atoms with E-state index in [0.29, 0.717) is 18.8 Å². The van der Waals surface area contributed by atoms with Gasteiger partial charge in [-0.1, -0.05) is 0 Å². The van der Waals surface area contributed by atoms with Gasteiger partial charge in [0.25, 0.3) is 0 Å². The fourth-order valence-corrected chi connectivity index (χ4v) is 4.28. The lowest BCUT2D eigenvalue weighted by molar-refractivity contribution is -0.137. The quantitative estimate of drug-likeness (QED) is 0.828. The average molecular weight is 398 g/mol. The van der Waals surface area contributed by atoms with E-state index in [0.717, 1.165) is 49.7 Å². The monoisotopic (exact) mass is 398 g/mol. The maximum Gasteiger partial charge on any atom is 0.323 e. The summed E-state index contributed by atoms with van der Waals surface area (Å²) in [5.41, 5.74) is 1.49. The van der Waals surface area contributed by atoms with E-state index in [-0.39, 0.29) is 24.4 Å². The van der Waals surface area contributed by atoms with E-state index in [1.807, 2.05) is 28.0 Å². The largest absolute Gasteiger partial charge is 0.480 e. The number of hydrogen-bond donors (Lipinski definition) is 2. The molecule has 29 heavy (non-hydrogen) atoms. The van der Waals surface area contributed by atoms with Crippen LogP contribution in [0.3, 0.4) is 0 Å². The van der Waals surface area contributed by atoms with E-state index in [1.54, 1.807) is 16.8 Å². The minimum atomic E-state index is -0.898. The Morgan fingerprint density at radius 1 is 1.03 bits per heavy atom. The molecule has 3 amide bonds. The van der Waals surface area contributed by atoms with Gasteiger partial charge in [0.2, 0.25) is 5.91 Å². The molecule has 2 aliphatic heterocycles. The van der Waals surface area contributed by atoms with Gasteiger partial charge in [-0.05, 0) is 49.9 Å². The van der Waals surface area contributed by atoms with Crippen LogP contribution in [-0.4, -0.2) is 63.6 Å². The Kier molecular flexibility index (Phi) is 5.42. The molecule has 2 fully saturated rings. The number of nitrogens with one attached hydrogen (secondary N) is 1. The molecule has 8 nitrogen and oxygen atoms in total. The van der Waals surface area contributed by atoms with Gasteiger partial charge in [0.15, 0.2) is 0 Å². The maximum absolute atomic E-state index is 12.8. The molecule has 2 aromatic rings. The summed E-state index contributed by atoms with van der Waals surface area (Å²) in [7, 11) is 0. The Hall–Kier alpha value is -3.03. The number of benzene rings is 1. The van der Waals surface area contributed by atoms with Crippen LogP contribution >= 0.6 is 0 Å². The molecule has 3 heterocycles. The lowest BCUT2D eigenvalue weighted by Crippen LogP contribution is -2.48. The van der Waals surface area contributed by atoms with Crippen LogP contribution in [0, 0.1) is 5.92 Å². The number of carbonyl (C=O) groups is 3. The number of urea groups is 1. The standard InChI is InChI=1S/C21H26N4O4/c26-19(27)14-24-11-7-15-12-17(5-6-18(15)24)22-20(28)16-4-3-10-25(13-16)21(29)23-8-1-2-9-23/h5-7,11-12,16H,1-4,8-10,13-14H2,(H,22,28)(H,26,27). The van der Waals surface area contributed by atoms with Crippen molar-refractivity contribution in [1.29, 1.82) is 0 Å². The zero-order valence-corrected chi connectivity index (χ0v) is 16.3. The van der Waals surface area contributed by atoms with Gasteiger partial charge in [0, 0.05) is 49.0 Å². The van der Waals surface area contributed by atoms with Crippen molar-refractivity contribution in [3.8, 4) is 0 Å². The molecule has 1 aromatic carbocycles. The predicted molar refractivity (Wildman–Crippen MR) is 109 cm³/mol. The summed E-state index contributed by atoms with van der Waals surface area (Å²) in [4.78, 5) is 40.1. The van der Waals surface area contributed by atoms with E-state index >= 15 is 0 Å². The SMILES string of the molecule is O=C(O)Cn1ccc2cc(NC(=O)C3CCCN(C(=O)N4CCCC4)C3)ccc21. The first-order valence-electron chi connectivity index (χ1n) is 10.2. The molecule has 1 atom stereocenters. The van der Waals surface area contributed by atoms with Crippen molar-refractivity contribution in [3.05, 3.63) is 30.5 Å². The van der Waals surface area contributed by atoms with Gasteiger partial charge < -0.3 is 24.8 Å². The van der Waals surface area contributed by atoms with Crippen LogP contribution in [0.1, 0.15) is 25.7 Å². The van der Waals surface area contributed by atoms with E-state index in [2.05, 4.69) is 5.32 Å². The Labute approximate surface area is 169 Å². The highest BCUT2D eigenvalue weighted by Crippen LogP contribution is 2.24. The summed E-state index contributed by atoms with van der Waals surface area (Å²) in [6, 6.07) is 7.35. The molecule has 2 aliphatic rings. The third kappa shape index (κ3) is 4.21. The summed E-state index contributed by atoms with van der Waals surface area (Å²) in [6.07, 6.45) is 5.44. The number of fused-ring (bicyclic) bond motifs is 1. The first-order chi connectivity index (χ1) is 14.0. The Morgan fingerprint density at radius 3 is 2.55 bits per heavy atom. The molecule has 154 valence electrons. The number of piperidine rings is 1. The normalized spacial score (nSPS) is 19.5. The smallest absolute Gasteiger partial charge is 0.323 e. The fourth-order valence-electron chi connectivity index (χ4n) is 4.28. The molecular formula is C21H26N4O4. The third-order valence-corrected chi connectivity index (χ3v) is 5.78. The molecule has 0 spiro atoms. The second-order valence-corrected chi connectivity index (χ2v) is 7.86. The van der Waals surface area contributed by atoms with E-state index in [4.69, 9.17) is 5.11 Å². The third-order valence-electron chi connectivity index (χ3n) is 5.78. The molecule has 0 bridgehead atoms. The highest BCUT2D eigenvalue weighted by Gasteiger charge is 2.31. The topological polar surface area (TPSA) is 94.9 Å². The number of carbonyl (C=O) groups excluding carboxylic acids is 2. The van der Waals surface area contributed by atoms with Gasteiger partial charge in [0.1, 0.15) is 6.54 Å². The van der Waals surface area contributed by atoms with Crippen molar-refractivity contribution < 1.29 is 19.5 Å². The van der Waals surface area contributed by atoms with Crippen molar-refractivity contribution in [2.24, 2.45) is 5.92 Å². The van der Waals surface area contributed by atoms with E-state index in [1.165, 1.54) is 0 Å². The van der Waals surface area contributed by atoms with Crippen molar-refractivity contribution >= 4 is 34.5 Å². The summed E-state index contributed by atoms with van der Waals surface area (Å²) in [6.45, 7) is 2.69.